The Labute approximate surface area is 229 Å². The average molecular weight is 542 g/mol. The van der Waals surface area contributed by atoms with Gasteiger partial charge in [-0.2, -0.15) is 0 Å². The van der Waals surface area contributed by atoms with Crippen LogP contribution in [0.4, 0.5) is 0 Å². The van der Waals surface area contributed by atoms with Gasteiger partial charge in [0.2, 0.25) is 0 Å². The molecular weight excluding hydrogens is 507 g/mol. The van der Waals surface area contributed by atoms with Crippen molar-refractivity contribution in [3.8, 4) is 5.75 Å². The topological polar surface area (TPSA) is 70.6 Å². The van der Waals surface area contributed by atoms with E-state index in [1.807, 2.05) is 61.6 Å². The summed E-state index contributed by atoms with van der Waals surface area (Å²) in [6, 6.07) is 23.6. The maximum Gasteiger partial charge on any atom is 0.333 e. The number of nitrogens with one attached hydrogen (secondary N) is 2. The molecule has 3 N–H and O–H groups in total. The molecule has 0 saturated heterocycles. The molecule has 5 nitrogen and oxygen atoms in total. The van der Waals surface area contributed by atoms with Crippen LogP contribution in [0.25, 0.3) is 5.57 Å². The van der Waals surface area contributed by atoms with E-state index < -0.39 is 5.97 Å². The van der Waals surface area contributed by atoms with Crippen molar-refractivity contribution >= 4 is 34.7 Å². The fourth-order valence-electron chi connectivity index (χ4n) is 4.06. The third-order valence-electron chi connectivity index (χ3n) is 6.08. The van der Waals surface area contributed by atoms with Crippen LogP contribution in [0.15, 0.2) is 78.4 Å². The number of likely N-dealkylation sites (N-methyl/N-ethyl adjacent to an activating group) is 1. The molecule has 7 heteroatoms. The number of aliphatic carboxylic acids is 1. The molecule has 1 aliphatic heterocycles. The Morgan fingerprint density at radius 2 is 1.68 bits per heavy atom. The largest absolute Gasteiger partial charge is 0.492 e. The number of carboxylic acids is 1. The van der Waals surface area contributed by atoms with Gasteiger partial charge in [-0.3, -0.25) is 0 Å². The third-order valence-corrected chi connectivity index (χ3v) is 6.77. The molecule has 0 aromatic heterocycles. The predicted molar refractivity (Wildman–Crippen MR) is 153 cm³/mol. The molecule has 3 aromatic rings. The van der Waals surface area contributed by atoms with E-state index in [4.69, 9.17) is 27.9 Å². The molecule has 0 spiro atoms. The van der Waals surface area contributed by atoms with Crippen LogP contribution in [0.1, 0.15) is 29.5 Å². The quantitative estimate of drug-likeness (QED) is 0.264. The molecule has 3 aromatic carbocycles. The molecule has 1 aliphatic rings. The normalized spacial score (nSPS) is 13.1. The van der Waals surface area contributed by atoms with Crippen molar-refractivity contribution in [2.45, 2.75) is 25.7 Å². The van der Waals surface area contributed by atoms with Crippen LogP contribution in [0.3, 0.4) is 0 Å². The summed E-state index contributed by atoms with van der Waals surface area (Å²) >= 11 is 12.0. The second-order valence-corrected chi connectivity index (χ2v) is 9.53. The minimum atomic E-state index is -0.840. The Balaban J connectivity index is 0.000000289. The van der Waals surface area contributed by atoms with Gasteiger partial charge in [0.1, 0.15) is 5.75 Å². The molecular formula is C30H34Cl2N2O3. The van der Waals surface area contributed by atoms with E-state index in [9.17, 15) is 9.90 Å². The highest BCUT2D eigenvalue weighted by atomic mass is 35.5. The summed E-state index contributed by atoms with van der Waals surface area (Å²) in [5, 5.41) is 17.1. The van der Waals surface area contributed by atoms with Gasteiger partial charge < -0.3 is 20.5 Å². The molecule has 0 unspecified atom stereocenters. The minimum Gasteiger partial charge on any atom is -0.492 e. The van der Waals surface area contributed by atoms with Crippen LogP contribution in [0, 0.1) is 0 Å². The summed E-state index contributed by atoms with van der Waals surface area (Å²) in [5.74, 6) is -0.128. The summed E-state index contributed by atoms with van der Waals surface area (Å²) in [5.41, 5.74) is 4.83. The first-order chi connectivity index (χ1) is 18.0. The summed E-state index contributed by atoms with van der Waals surface area (Å²) in [7, 11) is 1.94. The zero-order valence-corrected chi connectivity index (χ0v) is 22.6. The van der Waals surface area contributed by atoms with Crippen molar-refractivity contribution in [2.75, 3.05) is 33.3 Å². The molecule has 4 rings (SSSR count). The minimum absolute atomic E-state index is 0.422. The van der Waals surface area contributed by atoms with Gasteiger partial charge in [-0.05, 0) is 86.3 Å². The SMILES string of the molecule is CNCCc1ccccc1Cl.O=C(O)C1=C(c2ccc(CCCOc3ccccc3Cl)cc2)CCNC1. The lowest BCUT2D eigenvalue weighted by Crippen LogP contribution is -2.28. The number of rotatable bonds is 10. The number of ether oxygens (including phenoxy) is 1. The van der Waals surface area contributed by atoms with Crippen LogP contribution in [0.5, 0.6) is 5.75 Å². The van der Waals surface area contributed by atoms with Crippen molar-refractivity contribution in [1.82, 2.24) is 10.6 Å². The molecule has 196 valence electrons. The van der Waals surface area contributed by atoms with Crippen LogP contribution >= 0.6 is 23.2 Å². The van der Waals surface area contributed by atoms with Crippen molar-refractivity contribution in [3.05, 3.63) is 105 Å². The van der Waals surface area contributed by atoms with Crippen molar-refractivity contribution < 1.29 is 14.6 Å². The van der Waals surface area contributed by atoms with E-state index in [1.54, 1.807) is 0 Å². The van der Waals surface area contributed by atoms with E-state index in [0.717, 1.165) is 54.9 Å². The second-order valence-electron chi connectivity index (χ2n) is 8.71. The average Bonchev–Trinajstić information content (AvgIpc) is 2.92. The van der Waals surface area contributed by atoms with Gasteiger partial charge in [0.25, 0.3) is 0 Å². The number of carboxylic acid groups (broad SMARTS) is 1. The van der Waals surface area contributed by atoms with Gasteiger partial charge in [-0.15, -0.1) is 0 Å². The number of carbonyl (C=O) groups is 1. The lowest BCUT2D eigenvalue weighted by Gasteiger charge is -2.19. The maximum absolute atomic E-state index is 11.4. The first-order valence-electron chi connectivity index (χ1n) is 12.5. The smallest absolute Gasteiger partial charge is 0.333 e. The van der Waals surface area contributed by atoms with Gasteiger partial charge >= 0.3 is 5.97 Å². The Morgan fingerprint density at radius 1 is 0.973 bits per heavy atom. The highest BCUT2D eigenvalue weighted by Crippen LogP contribution is 2.26. The molecule has 0 saturated carbocycles. The van der Waals surface area contributed by atoms with Crippen molar-refractivity contribution in [2.24, 2.45) is 0 Å². The van der Waals surface area contributed by atoms with Gasteiger partial charge in [-0.25, -0.2) is 4.79 Å². The van der Waals surface area contributed by atoms with E-state index in [1.165, 1.54) is 11.1 Å². The number of para-hydroxylation sites is 1. The van der Waals surface area contributed by atoms with E-state index in [-0.39, 0.29) is 0 Å². The number of aryl methyl sites for hydroxylation is 1. The Bertz CT molecular complexity index is 1180. The first kappa shape index (κ1) is 28.7. The molecule has 1 heterocycles. The van der Waals surface area contributed by atoms with Crippen LogP contribution < -0.4 is 15.4 Å². The first-order valence-corrected chi connectivity index (χ1v) is 13.3. The lowest BCUT2D eigenvalue weighted by atomic mass is 9.93. The molecule has 0 atom stereocenters. The number of hydrogen-bond acceptors (Lipinski definition) is 4. The molecule has 0 radical (unpaired) electrons. The van der Waals surface area contributed by atoms with E-state index in [2.05, 4.69) is 28.8 Å². The lowest BCUT2D eigenvalue weighted by molar-refractivity contribution is -0.132. The fraction of sp³-hybridized carbons (Fsp3) is 0.300. The fourth-order valence-corrected chi connectivity index (χ4v) is 4.48. The van der Waals surface area contributed by atoms with Gasteiger partial charge in [0.05, 0.1) is 17.2 Å². The standard InChI is InChI=1S/C21H22ClNO3.C9H12ClN/c22-19-5-1-2-6-20(19)26-13-3-4-15-7-9-16(10-8-15)17-11-12-23-14-18(17)21(24)25;1-11-7-6-8-4-2-3-5-9(8)10/h1-2,5-10,23H,3-4,11-14H2,(H,24,25);2-5,11H,6-7H2,1H3. The highest BCUT2D eigenvalue weighted by Gasteiger charge is 2.19. The molecule has 0 fully saturated rings. The maximum atomic E-state index is 11.4. The van der Waals surface area contributed by atoms with Crippen molar-refractivity contribution in [3.63, 3.8) is 0 Å². The Morgan fingerprint density at radius 3 is 2.35 bits per heavy atom. The summed E-state index contributed by atoms with van der Waals surface area (Å²) in [6.45, 7) is 2.81. The zero-order valence-electron chi connectivity index (χ0n) is 21.1. The van der Waals surface area contributed by atoms with Crippen LogP contribution in [-0.4, -0.2) is 44.4 Å². The second kappa shape index (κ2) is 15.4. The van der Waals surface area contributed by atoms with Gasteiger partial charge in [0.15, 0.2) is 0 Å². The van der Waals surface area contributed by atoms with Gasteiger partial charge in [0, 0.05) is 11.6 Å². The molecule has 37 heavy (non-hydrogen) atoms. The highest BCUT2D eigenvalue weighted by molar-refractivity contribution is 6.32. The molecule has 0 aliphatic carbocycles. The monoisotopic (exact) mass is 540 g/mol. The summed E-state index contributed by atoms with van der Waals surface area (Å²) in [6.07, 6.45) is 3.53. The Hall–Kier alpha value is -2.83. The zero-order chi connectivity index (χ0) is 26.5. The number of benzene rings is 3. The molecule has 0 amide bonds. The number of hydrogen-bond donors (Lipinski definition) is 3. The van der Waals surface area contributed by atoms with Crippen LogP contribution in [-0.2, 0) is 17.6 Å². The summed E-state index contributed by atoms with van der Waals surface area (Å²) < 4.78 is 5.71. The van der Waals surface area contributed by atoms with E-state index >= 15 is 0 Å². The van der Waals surface area contributed by atoms with Crippen LogP contribution in [0.2, 0.25) is 10.0 Å². The Kier molecular flexibility index (Phi) is 12.0. The van der Waals surface area contributed by atoms with Gasteiger partial charge in [-0.1, -0.05) is 77.8 Å². The summed E-state index contributed by atoms with van der Waals surface area (Å²) in [4.78, 5) is 11.4. The predicted octanol–water partition coefficient (Wildman–Crippen LogP) is 6.29. The van der Waals surface area contributed by atoms with Crippen molar-refractivity contribution in [1.29, 1.82) is 0 Å². The number of halogens is 2. The van der Waals surface area contributed by atoms with E-state index in [0.29, 0.717) is 29.5 Å². The third kappa shape index (κ3) is 9.20. The molecule has 0 bridgehead atoms.